The van der Waals surface area contributed by atoms with Gasteiger partial charge >= 0.3 is 0 Å². The highest BCUT2D eigenvalue weighted by molar-refractivity contribution is 5.81. The van der Waals surface area contributed by atoms with E-state index in [2.05, 4.69) is 15.1 Å². The van der Waals surface area contributed by atoms with Crippen LogP contribution in [0.3, 0.4) is 0 Å². The Bertz CT molecular complexity index is 513. The van der Waals surface area contributed by atoms with Gasteiger partial charge in [0.1, 0.15) is 6.04 Å². The van der Waals surface area contributed by atoms with Crippen LogP contribution in [0.5, 0.6) is 0 Å². The first kappa shape index (κ1) is 17.4. The van der Waals surface area contributed by atoms with Crippen LogP contribution in [0.4, 0.5) is 0 Å². The van der Waals surface area contributed by atoms with E-state index in [4.69, 9.17) is 5.73 Å². The van der Waals surface area contributed by atoms with Crippen molar-refractivity contribution in [3.63, 3.8) is 0 Å². The van der Waals surface area contributed by atoms with E-state index in [1.807, 2.05) is 37.3 Å². The fourth-order valence-corrected chi connectivity index (χ4v) is 2.89. The number of primary amides is 1. The number of hydrogen-bond donors (Lipinski definition) is 2. The number of nitrogens with two attached hydrogens (primary N) is 1. The van der Waals surface area contributed by atoms with Gasteiger partial charge in [0.05, 0.1) is 6.54 Å². The number of piperazine rings is 1. The van der Waals surface area contributed by atoms with E-state index < -0.39 is 6.04 Å². The van der Waals surface area contributed by atoms with Gasteiger partial charge in [0.25, 0.3) is 0 Å². The minimum Gasteiger partial charge on any atom is -0.368 e. The summed E-state index contributed by atoms with van der Waals surface area (Å²) in [7, 11) is 0. The molecular formula is C17H26N4O2. The molecule has 126 valence electrons. The second-order valence-corrected chi connectivity index (χ2v) is 5.88. The lowest BCUT2D eigenvalue weighted by molar-refractivity contribution is -0.126. The van der Waals surface area contributed by atoms with Crippen LogP contribution in [-0.4, -0.2) is 60.9 Å². The van der Waals surface area contributed by atoms with Crippen LogP contribution in [0.1, 0.15) is 24.9 Å². The molecule has 6 heteroatoms. The topological polar surface area (TPSA) is 78.7 Å². The average molecular weight is 318 g/mol. The molecule has 0 saturated carbocycles. The number of carbonyl (C=O) groups is 2. The Hall–Kier alpha value is -1.92. The third-order valence-corrected chi connectivity index (χ3v) is 4.10. The summed E-state index contributed by atoms with van der Waals surface area (Å²) in [6, 6.07) is 9.22. The van der Waals surface area contributed by atoms with Gasteiger partial charge in [0.15, 0.2) is 0 Å². The molecule has 1 saturated heterocycles. The number of amides is 2. The summed E-state index contributed by atoms with van der Waals surface area (Å²) in [6.45, 7) is 6.14. The molecule has 1 aliphatic rings. The van der Waals surface area contributed by atoms with Crippen LogP contribution in [0, 0.1) is 0 Å². The second kappa shape index (κ2) is 8.64. The molecule has 0 aliphatic carbocycles. The number of hydrogen-bond acceptors (Lipinski definition) is 4. The highest BCUT2D eigenvalue weighted by atomic mass is 16.2. The van der Waals surface area contributed by atoms with Crippen LogP contribution in [0.15, 0.2) is 30.3 Å². The minimum atomic E-state index is -0.396. The number of benzene rings is 1. The lowest BCUT2D eigenvalue weighted by atomic mass is 10.0. The molecular weight excluding hydrogens is 292 g/mol. The van der Waals surface area contributed by atoms with Gasteiger partial charge in [0.2, 0.25) is 11.8 Å². The Kier molecular flexibility index (Phi) is 6.55. The van der Waals surface area contributed by atoms with Crippen LogP contribution in [-0.2, 0) is 9.59 Å². The molecule has 1 fully saturated rings. The number of carbonyl (C=O) groups excluding carboxylic acids is 2. The van der Waals surface area contributed by atoms with Gasteiger partial charge in [-0.15, -0.1) is 0 Å². The lowest BCUT2D eigenvalue weighted by Crippen LogP contribution is -2.52. The van der Waals surface area contributed by atoms with Crippen molar-refractivity contribution in [3.8, 4) is 0 Å². The molecule has 1 aromatic rings. The van der Waals surface area contributed by atoms with Crippen LogP contribution in [0.2, 0.25) is 0 Å². The highest BCUT2D eigenvalue weighted by Crippen LogP contribution is 2.21. The minimum absolute atomic E-state index is 0.0646. The summed E-state index contributed by atoms with van der Waals surface area (Å²) in [5.74, 6) is -0.264. The monoisotopic (exact) mass is 318 g/mol. The van der Waals surface area contributed by atoms with Crippen molar-refractivity contribution >= 4 is 11.8 Å². The summed E-state index contributed by atoms with van der Waals surface area (Å²) in [5, 5.41) is 2.89. The molecule has 0 unspecified atom stereocenters. The van der Waals surface area contributed by atoms with Crippen molar-refractivity contribution in [1.29, 1.82) is 0 Å². The van der Waals surface area contributed by atoms with Crippen molar-refractivity contribution in [2.45, 2.75) is 19.4 Å². The van der Waals surface area contributed by atoms with E-state index in [1.54, 1.807) is 0 Å². The Morgan fingerprint density at radius 2 is 1.83 bits per heavy atom. The largest absolute Gasteiger partial charge is 0.368 e. The predicted octanol–water partition coefficient (Wildman–Crippen LogP) is 0.357. The zero-order valence-corrected chi connectivity index (χ0v) is 13.7. The summed E-state index contributed by atoms with van der Waals surface area (Å²) < 4.78 is 0. The summed E-state index contributed by atoms with van der Waals surface area (Å²) in [4.78, 5) is 27.9. The molecule has 23 heavy (non-hydrogen) atoms. The zero-order chi connectivity index (χ0) is 16.7. The van der Waals surface area contributed by atoms with Crippen molar-refractivity contribution in [2.75, 3.05) is 39.3 Å². The quantitative estimate of drug-likeness (QED) is 0.761. The lowest BCUT2D eigenvalue weighted by Gasteiger charge is -2.38. The van der Waals surface area contributed by atoms with Crippen molar-refractivity contribution < 1.29 is 9.59 Å². The van der Waals surface area contributed by atoms with Crippen molar-refractivity contribution in [2.24, 2.45) is 5.73 Å². The fraction of sp³-hybridized carbons (Fsp3) is 0.529. The number of nitrogens with one attached hydrogen (secondary N) is 1. The Morgan fingerprint density at radius 1 is 1.17 bits per heavy atom. The van der Waals surface area contributed by atoms with E-state index in [1.165, 1.54) is 0 Å². The second-order valence-electron chi connectivity index (χ2n) is 5.88. The normalized spacial score (nSPS) is 17.6. The van der Waals surface area contributed by atoms with Gasteiger partial charge in [-0.2, -0.15) is 0 Å². The molecule has 1 heterocycles. The van der Waals surface area contributed by atoms with Gasteiger partial charge in [-0.1, -0.05) is 37.3 Å². The van der Waals surface area contributed by atoms with Crippen LogP contribution >= 0.6 is 0 Å². The highest BCUT2D eigenvalue weighted by Gasteiger charge is 2.29. The maximum Gasteiger partial charge on any atom is 0.239 e. The van der Waals surface area contributed by atoms with E-state index in [-0.39, 0.29) is 11.8 Å². The van der Waals surface area contributed by atoms with Crippen LogP contribution in [0.25, 0.3) is 0 Å². The van der Waals surface area contributed by atoms with Gasteiger partial charge in [-0.25, -0.2) is 0 Å². The van der Waals surface area contributed by atoms with E-state index >= 15 is 0 Å². The third kappa shape index (κ3) is 5.04. The van der Waals surface area contributed by atoms with E-state index in [0.717, 1.165) is 44.7 Å². The van der Waals surface area contributed by atoms with Gasteiger partial charge in [0, 0.05) is 32.7 Å². The third-order valence-electron chi connectivity index (χ3n) is 4.10. The SMILES string of the molecule is CCCNC(=O)CN1CCN([C@H](C(N)=O)c2ccccc2)CC1. The van der Waals surface area contributed by atoms with Gasteiger partial charge in [-0.05, 0) is 12.0 Å². The summed E-state index contributed by atoms with van der Waals surface area (Å²) in [6.07, 6.45) is 0.941. The van der Waals surface area contributed by atoms with Crippen LogP contribution < -0.4 is 11.1 Å². The van der Waals surface area contributed by atoms with E-state index in [9.17, 15) is 9.59 Å². The Labute approximate surface area is 137 Å². The number of nitrogens with zero attached hydrogens (tertiary/aromatic N) is 2. The first-order valence-electron chi connectivity index (χ1n) is 8.19. The first-order valence-corrected chi connectivity index (χ1v) is 8.19. The molecule has 1 aromatic carbocycles. The molecule has 2 amide bonds. The van der Waals surface area contributed by atoms with Gasteiger partial charge < -0.3 is 11.1 Å². The zero-order valence-electron chi connectivity index (χ0n) is 13.7. The molecule has 0 spiro atoms. The van der Waals surface area contributed by atoms with E-state index in [0.29, 0.717) is 6.54 Å². The average Bonchev–Trinajstić information content (AvgIpc) is 2.55. The first-order chi connectivity index (χ1) is 11.1. The maximum atomic E-state index is 11.9. The Balaban J connectivity index is 1.89. The summed E-state index contributed by atoms with van der Waals surface area (Å²) >= 11 is 0. The molecule has 0 aromatic heterocycles. The maximum absolute atomic E-state index is 11.9. The Morgan fingerprint density at radius 3 is 2.39 bits per heavy atom. The molecule has 3 N–H and O–H groups in total. The summed E-state index contributed by atoms with van der Waals surface area (Å²) in [5.41, 5.74) is 6.54. The number of rotatable bonds is 7. The van der Waals surface area contributed by atoms with Crippen molar-refractivity contribution in [3.05, 3.63) is 35.9 Å². The van der Waals surface area contributed by atoms with Gasteiger partial charge in [-0.3, -0.25) is 19.4 Å². The fourth-order valence-electron chi connectivity index (χ4n) is 2.89. The molecule has 1 atom stereocenters. The molecule has 6 nitrogen and oxygen atoms in total. The smallest absolute Gasteiger partial charge is 0.239 e. The molecule has 0 radical (unpaired) electrons. The molecule has 1 aliphatic heterocycles. The molecule has 0 bridgehead atoms. The van der Waals surface area contributed by atoms with Crippen molar-refractivity contribution in [1.82, 2.24) is 15.1 Å². The standard InChI is InChI=1S/C17H26N4O2/c1-2-8-19-15(22)13-20-9-11-21(12-10-20)16(17(18)23)14-6-4-3-5-7-14/h3-7,16H,2,8-13H2,1H3,(H2,18,23)(H,19,22)/t16-/m0/s1. The predicted molar refractivity (Wildman–Crippen MR) is 89.7 cm³/mol. The molecule has 2 rings (SSSR count).